The SMILES string of the molecule is Nc1c(F)cc(-c2ccc(C(F)(F)F)cc2)cc1[N+](=O)[O-]. The first-order valence-electron chi connectivity index (χ1n) is 5.61. The van der Waals surface area contributed by atoms with Gasteiger partial charge in [0.1, 0.15) is 5.69 Å². The quantitative estimate of drug-likeness (QED) is 0.394. The molecule has 0 aliphatic heterocycles. The minimum atomic E-state index is -4.49. The van der Waals surface area contributed by atoms with Crippen LogP contribution in [0, 0.1) is 15.9 Å². The van der Waals surface area contributed by atoms with Gasteiger partial charge >= 0.3 is 6.18 Å². The van der Waals surface area contributed by atoms with Crippen LogP contribution in [0.3, 0.4) is 0 Å². The molecule has 2 aromatic rings. The molecule has 8 heteroatoms. The highest BCUT2D eigenvalue weighted by Gasteiger charge is 2.30. The normalized spacial score (nSPS) is 11.4. The molecule has 0 aliphatic rings. The van der Waals surface area contributed by atoms with Gasteiger partial charge in [0.2, 0.25) is 0 Å². The van der Waals surface area contributed by atoms with Crippen molar-refractivity contribution < 1.29 is 22.5 Å². The molecule has 0 saturated heterocycles. The van der Waals surface area contributed by atoms with Crippen molar-refractivity contribution in [1.82, 2.24) is 0 Å². The van der Waals surface area contributed by atoms with Crippen molar-refractivity contribution in [3.05, 3.63) is 57.9 Å². The van der Waals surface area contributed by atoms with Crippen LogP contribution in [0.15, 0.2) is 36.4 Å². The number of nitrogens with zero attached hydrogens (tertiary/aromatic N) is 1. The van der Waals surface area contributed by atoms with Crippen LogP contribution in [0.25, 0.3) is 11.1 Å². The van der Waals surface area contributed by atoms with E-state index in [2.05, 4.69) is 0 Å². The van der Waals surface area contributed by atoms with Gasteiger partial charge < -0.3 is 5.73 Å². The number of hydrogen-bond acceptors (Lipinski definition) is 3. The summed E-state index contributed by atoms with van der Waals surface area (Å²) in [6.07, 6.45) is -4.49. The molecule has 0 heterocycles. The molecule has 110 valence electrons. The average molecular weight is 300 g/mol. The maximum Gasteiger partial charge on any atom is 0.416 e. The van der Waals surface area contributed by atoms with Crippen molar-refractivity contribution in [2.24, 2.45) is 0 Å². The molecule has 2 rings (SSSR count). The van der Waals surface area contributed by atoms with Crippen LogP contribution in [-0.2, 0) is 6.18 Å². The third-order valence-electron chi connectivity index (χ3n) is 2.85. The van der Waals surface area contributed by atoms with Gasteiger partial charge in [-0.3, -0.25) is 10.1 Å². The summed E-state index contributed by atoms with van der Waals surface area (Å²) in [6.45, 7) is 0. The molecule has 0 unspecified atom stereocenters. The van der Waals surface area contributed by atoms with E-state index >= 15 is 0 Å². The summed E-state index contributed by atoms with van der Waals surface area (Å²) < 4.78 is 50.9. The Morgan fingerprint density at radius 3 is 2.10 bits per heavy atom. The van der Waals surface area contributed by atoms with Gasteiger partial charge in [-0.15, -0.1) is 0 Å². The molecular weight excluding hydrogens is 292 g/mol. The van der Waals surface area contributed by atoms with Crippen molar-refractivity contribution in [1.29, 1.82) is 0 Å². The van der Waals surface area contributed by atoms with Gasteiger partial charge in [-0.1, -0.05) is 12.1 Å². The fourth-order valence-electron chi connectivity index (χ4n) is 1.77. The van der Waals surface area contributed by atoms with Crippen LogP contribution in [0.2, 0.25) is 0 Å². The summed E-state index contributed by atoms with van der Waals surface area (Å²) in [5.74, 6) is -1.00. The lowest BCUT2D eigenvalue weighted by molar-refractivity contribution is -0.384. The smallest absolute Gasteiger partial charge is 0.391 e. The lowest BCUT2D eigenvalue weighted by atomic mass is 10.0. The van der Waals surface area contributed by atoms with Crippen LogP contribution in [0.4, 0.5) is 28.9 Å². The highest BCUT2D eigenvalue weighted by molar-refractivity contribution is 5.72. The van der Waals surface area contributed by atoms with E-state index < -0.39 is 33.9 Å². The first-order valence-corrected chi connectivity index (χ1v) is 5.61. The number of hydrogen-bond donors (Lipinski definition) is 1. The Kier molecular flexibility index (Phi) is 3.54. The van der Waals surface area contributed by atoms with Crippen molar-refractivity contribution in [3.8, 4) is 11.1 Å². The molecule has 2 aromatic carbocycles. The van der Waals surface area contributed by atoms with Crippen LogP contribution < -0.4 is 5.73 Å². The number of nitrogen functional groups attached to an aromatic ring is 1. The average Bonchev–Trinajstić information content (AvgIpc) is 2.40. The molecule has 0 bridgehead atoms. The second-order valence-corrected chi connectivity index (χ2v) is 4.22. The first kappa shape index (κ1) is 14.8. The molecule has 2 N–H and O–H groups in total. The number of nitrogens with two attached hydrogens (primary N) is 1. The van der Waals surface area contributed by atoms with Gasteiger partial charge in [0.25, 0.3) is 5.69 Å². The number of benzene rings is 2. The van der Waals surface area contributed by atoms with Gasteiger partial charge in [-0.25, -0.2) is 4.39 Å². The zero-order valence-corrected chi connectivity index (χ0v) is 10.3. The van der Waals surface area contributed by atoms with Crippen molar-refractivity contribution >= 4 is 11.4 Å². The molecule has 0 aromatic heterocycles. The summed E-state index contributed by atoms with van der Waals surface area (Å²) >= 11 is 0. The molecule has 0 atom stereocenters. The fraction of sp³-hybridized carbons (Fsp3) is 0.0769. The maximum absolute atomic E-state index is 13.5. The summed E-state index contributed by atoms with van der Waals surface area (Å²) in [5.41, 5.74) is 3.42. The summed E-state index contributed by atoms with van der Waals surface area (Å²) in [7, 11) is 0. The first-order chi connectivity index (χ1) is 9.70. The Morgan fingerprint density at radius 1 is 1.05 bits per heavy atom. The number of nitro groups is 1. The Bertz CT molecular complexity index is 697. The van der Waals surface area contributed by atoms with Crippen LogP contribution in [0.5, 0.6) is 0 Å². The van der Waals surface area contributed by atoms with Crippen LogP contribution in [-0.4, -0.2) is 4.92 Å². The molecule has 4 nitrogen and oxygen atoms in total. The van der Waals surface area contributed by atoms with Gasteiger partial charge in [-0.2, -0.15) is 13.2 Å². The molecule has 0 saturated carbocycles. The lowest BCUT2D eigenvalue weighted by Gasteiger charge is -2.08. The third-order valence-corrected chi connectivity index (χ3v) is 2.85. The number of nitro benzene ring substituents is 1. The van der Waals surface area contributed by atoms with E-state index in [4.69, 9.17) is 5.73 Å². The number of rotatable bonds is 2. The van der Waals surface area contributed by atoms with E-state index in [9.17, 15) is 27.7 Å². The second-order valence-electron chi connectivity index (χ2n) is 4.22. The second kappa shape index (κ2) is 5.04. The van der Waals surface area contributed by atoms with Gasteiger partial charge in [-0.05, 0) is 29.3 Å². The number of halogens is 4. The highest BCUT2D eigenvalue weighted by atomic mass is 19.4. The number of anilines is 1. The fourth-order valence-corrected chi connectivity index (χ4v) is 1.77. The largest absolute Gasteiger partial charge is 0.416 e. The Balaban J connectivity index is 2.50. The van der Waals surface area contributed by atoms with E-state index in [1.807, 2.05) is 0 Å². The minimum Gasteiger partial charge on any atom is -0.391 e. The Morgan fingerprint density at radius 2 is 1.62 bits per heavy atom. The topological polar surface area (TPSA) is 69.2 Å². The minimum absolute atomic E-state index is 0.0714. The zero-order valence-electron chi connectivity index (χ0n) is 10.3. The van der Waals surface area contributed by atoms with Crippen LogP contribution in [0.1, 0.15) is 5.56 Å². The van der Waals surface area contributed by atoms with E-state index in [0.29, 0.717) is 0 Å². The summed E-state index contributed by atoms with van der Waals surface area (Å²) in [5, 5.41) is 10.8. The van der Waals surface area contributed by atoms with Crippen molar-refractivity contribution in [2.75, 3.05) is 5.73 Å². The summed E-state index contributed by atoms with van der Waals surface area (Å²) in [6, 6.07) is 5.80. The monoisotopic (exact) mass is 300 g/mol. The molecular formula is C13H8F4N2O2. The lowest BCUT2D eigenvalue weighted by Crippen LogP contribution is -2.04. The van der Waals surface area contributed by atoms with Crippen molar-refractivity contribution in [3.63, 3.8) is 0 Å². The predicted octanol–water partition coefficient (Wildman–Crippen LogP) is 4.00. The molecule has 0 spiro atoms. The molecule has 0 radical (unpaired) electrons. The number of alkyl halides is 3. The van der Waals surface area contributed by atoms with E-state index in [1.54, 1.807) is 0 Å². The van der Waals surface area contributed by atoms with Gasteiger partial charge in [0.15, 0.2) is 5.82 Å². The zero-order chi connectivity index (χ0) is 15.8. The molecule has 0 amide bonds. The third kappa shape index (κ3) is 2.93. The Hall–Kier alpha value is -2.64. The molecule has 21 heavy (non-hydrogen) atoms. The Labute approximate surface area is 116 Å². The van der Waals surface area contributed by atoms with Gasteiger partial charge in [0.05, 0.1) is 10.5 Å². The molecule has 0 aliphatic carbocycles. The summed E-state index contributed by atoms with van der Waals surface area (Å²) in [4.78, 5) is 9.90. The predicted molar refractivity (Wildman–Crippen MR) is 67.9 cm³/mol. The maximum atomic E-state index is 13.5. The van der Waals surface area contributed by atoms with E-state index in [0.717, 1.165) is 36.4 Å². The standard InChI is InChI=1S/C13H8F4N2O2/c14-10-5-8(6-11(12(10)18)19(20)21)7-1-3-9(4-2-7)13(15,16)17/h1-6H,18H2. The highest BCUT2D eigenvalue weighted by Crippen LogP contribution is 2.34. The van der Waals surface area contributed by atoms with Crippen molar-refractivity contribution in [2.45, 2.75) is 6.18 Å². The van der Waals surface area contributed by atoms with E-state index in [-0.39, 0.29) is 11.1 Å². The molecule has 0 fully saturated rings. The van der Waals surface area contributed by atoms with Crippen LogP contribution >= 0.6 is 0 Å². The van der Waals surface area contributed by atoms with Gasteiger partial charge in [0, 0.05) is 6.07 Å². The van der Waals surface area contributed by atoms with E-state index in [1.165, 1.54) is 0 Å².